The van der Waals surface area contributed by atoms with Gasteiger partial charge in [0, 0.05) is 23.3 Å². The molecule has 1 atom stereocenters. The minimum Gasteiger partial charge on any atom is -0.383 e. The molecule has 1 aliphatic rings. The van der Waals surface area contributed by atoms with E-state index in [4.69, 9.17) is 11.6 Å². The zero-order valence-electron chi connectivity index (χ0n) is 9.72. The fourth-order valence-corrected chi connectivity index (χ4v) is 2.29. The molecule has 88 valence electrons. The maximum Gasteiger partial charge on any atom is 0.0426 e. The molecule has 16 heavy (non-hydrogen) atoms. The van der Waals surface area contributed by atoms with E-state index in [1.54, 1.807) is 0 Å². The van der Waals surface area contributed by atoms with Crippen molar-refractivity contribution in [2.24, 2.45) is 0 Å². The van der Waals surface area contributed by atoms with Crippen molar-refractivity contribution in [1.82, 2.24) is 5.32 Å². The maximum absolute atomic E-state index is 5.98. The Kier molecular flexibility index (Phi) is 4.08. The van der Waals surface area contributed by atoms with Gasteiger partial charge in [-0.1, -0.05) is 24.1 Å². The molecule has 1 heterocycles. The fraction of sp³-hybridized carbons (Fsp3) is 0.538. The SMILES string of the molecule is Cc1ccc(Cl)cc1NCC1CCCCN1. The summed E-state index contributed by atoms with van der Waals surface area (Å²) in [5.74, 6) is 0. The summed E-state index contributed by atoms with van der Waals surface area (Å²) in [6.07, 6.45) is 3.92. The second-order valence-electron chi connectivity index (χ2n) is 4.49. The Labute approximate surface area is 102 Å². The van der Waals surface area contributed by atoms with Crippen molar-refractivity contribution in [2.45, 2.75) is 32.2 Å². The summed E-state index contributed by atoms with van der Waals surface area (Å²) in [6, 6.07) is 6.59. The van der Waals surface area contributed by atoms with E-state index in [1.165, 1.54) is 24.8 Å². The number of piperidine rings is 1. The van der Waals surface area contributed by atoms with E-state index < -0.39 is 0 Å². The Balaban J connectivity index is 1.90. The Morgan fingerprint density at radius 1 is 1.44 bits per heavy atom. The Morgan fingerprint density at radius 2 is 2.31 bits per heavy atom. The van der Waals surface area contributed by atoms with E-state index in [2.05, 4.69) is 23.6 Å². The predicted molar refractivity (Wildman–Crippen MR) is 70.3 cm³/mol. The first-order valence-electron chi connectivity index (χ1n) is 5.99. The number of nitrogens with one attached hydrogen (secondary N) is 2. The second kappa shape index (κ2) is 5.55. The number of aryl methyl sites for hydroxylation is 1. The van der Waals surface area contributed by atoms with E-state index in [0.29, 0.717) is 6.04 Å². The van der Waals surface area contributed by atoms with Gasteiger partial charge < -0.3 is 10.6 Å². The molecule has 1 fully saturated rings. The Hall–Kier alpha value is -0.730. The van der Waals surface area contributed by atoms with Gasteiger partial charge in [-0.2, -0.15) is 0 Å². The summed E-state index contributed by atoms with van der Waals surface area (Å²) in [7, 11) is 0. The molecule has 2 N–H and O–H groups in total. The lowest BCUT2D eigenvalue weighted by Crippen LogP contribution is -2.39. The monoisotopic (exact) mass is 238 g/mol. The zero-order valence-corrected chi connectivity index (χ0v) is 10.5. The van der Waals surface area contributed by atoms with Gasteiger partial charge in [-0.25, -0.2) is 0 Å². The quantitative estimate of drug-likeness (QED) is 0.845. The predicted octanol–water partition coefficient (Wildman–Crippen LogP) is 3.20. The lowest BCUT2D eigenvalue weighted by molar-refractivity contribution is 0.414. The largest absolute Gasteiger partial charge is 0.383 e. The molecule has 0 aromatic heterocycles. The van der Waals surface area contributed by atoms with Gasteiger partial charge in [0.1, 0.15) is 0 Å². The lowest BCUT2D eigenvalue weighted by atomic mass is 10.0. The molecule has 0 spiro atoms. The third-order valence-electron chi connectivity index (χ3n) is 3.15. The average Bonchev–Trinajstić information content (AvgIpc) is 2.32. The molecule has 1 aromatic carbocycles. The van der Waals surface area contributed by atoms with Crippen LogP contribution in [0.25, 0.3) is 0 Å². The Morgan fingerprint density at radius 3 is 3.06 bits per heavy atom. The number of rotatable bonds is 3. The van der Waals surface area contributed by atoms with Crippen LogP contribution in [0.2, 0.25) is 5.02 Å². The number of benzene rings is 1. The molecule has 1 aromatic rings. The van der Waals surface area contributed by atoms with Crippen LogP contribution in [0.1, 0.15) is 24.8 Å². The van der Waals surface area contributed by atoms with E-state index in [0.717, 1.165) is 23.8 Å². The summed E-state index contributed by atoms with van der Waals surface area (Å²) >= 11 is 5.98. The van der Waals surface area contributed by atoms with E-state index in [-0.39, 0.29) is 0 Å². The highest BCUT2D eigenvalue weighted by molar-refractivity contribution is 6.30. The number of halogens is 1. The van der Waals surface area contributed by atoms with Crippen LogP contribution in [-0.4, -0.2) is 19.1 Å². The highest BCUT2D eigenvalue weighted by Crippen LogP contribution is 2.20. The van der Waals surface area contributed by atoms with Crippen molar-refractivity contribution in [1.29, 1.82) is 0 Å². The van der Waals surface area contributed by atoms with E-state index >= 15 is 0 Å². The van der Waals surface area contributed by atoms with Crippen molar-refractivity contribution < 1.29 is 0 Å². The second-order valence-corrected chi connectivity index (χ2v) is 4.92. The minimum atomic E-state index is 0.604. The van der Waals surface area contributed by atoms with Crippen molar-refractivity contribution >= 4 is 17.3 Å². The number of hydrogen-bond donors (Lipinski definition) is 2. The van der Waals surface area contributed by atoms with Gasteiger partial charge in [0.25, 0.3) is 0 Å². The highest BCUT2D eigenvalue weighted by Gasteiger charge is 2.12. The van der Waals surface area contributed by atoms with Crippen LogP contribution < -0.4 is 10.6 Å². The molecule has 0 amide bonds. The normalized spacial score (nSPS) is 20.8. The average molecular weight is 239 g/mol. The van der Waals surface area contributed by atoms with Crippen LogP contribution in [0, 0.1) is 6.92 Å². The van der Waals surface area contributed by atoms with Crippen LogP contribution in [0.4, 0.5) is 5.69 Å². The molecule has 1 saturated heterocycles. The lowest BCUT2D eigenvalue weighted by Gasteiger charge is -2.24. The number of hydrogen-bond acceptors (Lipinski definition) is 2. The molecule has 0 aliphatic carbocycles. The van der Waals surface area contributed by atoms with Gasteiger partial charge >= 0.3 is 0 Å². The zero-order chi connectivity index (χ0) is 11.4. The van der Waals surface area contributed by atoms with Crippen LogP contribution in [0.15, 0.2) is 18.2 Å². The van der Waals surface area contributed by atoms with Crippen LogP contribution >= 0.6 is 11.6 Å². The fourth-order valence-electron chi connectivity index (χ4n) is 2.12. The van der Waals surface area contributed by atoms with Crippen molar-refractivity contribution in [2.75, 3.05) is 18.4 Å². The summed E-state index contributed by atoms with van der Waals surface area (Å²) in [4.78, 5) is 0. The summed E-state index contributed by atoms with van der Waals surface area (Å²) < 4.78 is 0. The third kappa shape index (κ3) is 3.13. The molecular formula is C13H19ClN2. The molecule has 3 heteroatoms. The molecular weight excluding hydrogens is 220 g/mol. The number of anilines is 1. The molecule has 1 aliphatic heterocycles. The van der Waals surface area contributed by atoms with Crippen molar-refractivity contribution in [3.05, 3.63) is 28.8 Å². The summed E-state index contributed by atoms with van der Waals surface area (Å²) in [5.41, 5.74) is 2.40. The molecule has 0 bridgehead atoms. The Bertz CT molecular complexity index is 346. The minimum absolute atomic E-state index is 0.604. The standard InChI is InChI=1S/C13H19ClN2/c1-10-5-6-11(14)8-13(10)16-9-12-4-2-3-7-15-12/h5-6,8,12,15-16H,2-4,7,9H2,1H3. The van der Waals surface area contributed by atoms with Crippen molar-refractivity contribution in [3.8, 4) is 0 Å². The van der Waals surface area contributed by atoms with Gasteiger partial charge in [0.15, 0.2) is 0 Å². The summed E-state index contributed by atoms with van der Waals surface area (Å²) in [5, 5.41) is 7.80. The highest BCUT2D eigenvalue weighted by atomic mass is 35.5. The van der Waals surface area contributed by atoms with Crippen LogP contribution in [-0.2, 0) is 0 Å². The molecule has 0 saturated carbocycles. The van der Waals surface area contributed by atoms with Gasteiger partial charge in [0.2, 0.25) is 0 Å². The van der Waals surface area contributed by atoms with Gasteiger partial charge in [-0.05, 0) is 44.0 Å². The smallest absolute Gasteiger partial charge is 0.0426 e. The molecule has 1 unspecified atom stereocenters. The van der Waals surface area contributed by atoms with Crippen molar-refractivity contribution in [3.63, 3.8) is 0 Å². The van der Waals surface area contributed by atoms with Gasteiger partial charge in [-0.3, -0.25) is 0 Å². The van der Waals surface area contributed by atoms with E-state index in [1.807, 2.05) is 12.1 Å². The van der Waals surface area contributed by atoms with Gasteiger partial charge in [0.05, 0.1) is 0 Å². The maximum atomic E-state index is 5.98. The van der Waals surface area contributed by atoms with Crippen LogP contribution in [0.3, 0.4) is 0 Å². The first-order chi connectivity index (χ1) is 7.75. The molecule has 0 radical (unpaired) electrons. The first kappa shape index (κ1) is 11.7. The molecule has 2 rings (SSSR count). The summed E-state index contributed by atoms with van der Waals surface area (Å²) in [6.45, 7) is 4.25. The molecule has 2 nitrogen and oxygen atoms in total. The van der Waals surface area contributed by atoms with Crippen LogP contribution in [0.5, 0.6) is 0 Å². The topological polar surface area (TPSA) is 24.1 Å². The third-order valence-corrected chi connectivity index (χ3v) is 3.39. The van der Waals surface area contributed by atoms with Gasteiger partial charge in [-0.15, -0.1) is 0 Å². The first-order valence-corrected chi connectivity index (χ1v) is 6.37. The van der Waals surface area contributed by atoms with E-state index in [9.17, 15) is 0 Å².